The molecule has 0 rings (SSSR count). The van der Waals surface area contributed by atoms with E-state index in [0.717, 1.165) is 0 Å². The summed E-state index contributed by atoms with van der Waals surface area (Å²) in [6.07, 6.45) is 0. The van der Waals surface area contributed by atoms with Crippen LogP contribution in [0.3, 0.4) is 0 Å². The van der Waals surface area contributed by atoms with E-state index >= 15 is 0 Å². The third-order valence-corrected chi connectivity index (χ3v) is 2.19. The molecule has 0 radical (unpaired) electrons. The highest BCUT2D eigenvalue weighted by molar-refractivity contribution is 7.80. The van der Waals surface area contributed by atoms with Crippen molar-refractivity contribution in [3.8, 4) is 0 Å². The molecule has 14 heavy (non-hydrogen) atoms. The van der Waals surface area contributed by atoms with Gasteiger partial charge in [0.1, 0.15) is 0 Å². The van der Waals surface area contributed by atoms with Gasteiger partial charge in [-0.1, -0.05) is 20.8 Å². The van der Waals surface area contributed by atoms with Crippen LogP contribution in [0.5, 0.6) is 0 Å². The Labute approximate surface area is 90.6 Å². The van der Waals surface area contributed by atoms with Crippen molar-refractivity contribution < 1.29 is 22.3 Å². The first-order valence-electron chi connectivity index (χ1n) is 3.36. The van der Waals surface area contributed by atoms with Gasteiger partial charge in [0, 0.05) is 5.41 Å². The van der Waals surface area contributed by atoms with E-state index in [-0.39, 0.29) is 18.6 Å². The third-order valence-electron chi connectivity index (χ3n) is 1.66. The zero-order chi connectivity index (χ0) is 10.2. The minimum atomic E-state index is -4.61. The Kier molecular flexibility index (Phi) is 7.35. The maximum Gasteiger partial charge on any atom is 0.400 e. The first kappa shape index (κ1) is 19.6. The fourth-order valence-electron chi connectivity index (χ4n) is 0.330. The van der Waals surface area contributed by atoms with Crippen molar-refractivity contribution in [2.75, 3.05) is 0 Å². The molecule has 0 heterocycles. The molecule has 0 amide bonds. The van der Waals surface area contributed by atoms with Gasteiger partial charge in [0.25, 0.3) is 0 Å². The molecule has 0 aromatic rings. The predicted molar refractivity (Wildman–Crippen MR) is 55.0 cm³/mol. The van der Waals surface area contributed by atoms with Gasteiger partial charge in [-0.25, -0.2) is 4.18 Å². The number of hydrogen-bond donors (Lipinski definition) is 3. The molecule has 0 aliphatic carbocycles. The smallest absolute Gasteiger partial charge is 0.364 e. The van der Waals surface area contributed by atoms with Gasteiger partial charge in [0.15, 0.2) is 5.79 Å². The van der Waals surface area contributed by atoms with Crippen LogP contribution in [0.15, 0.2) is 0 Å². The zero-order valence-electron chi connectivity index (χ0n) is 8.64. The van der Waals surface area contributed by atoms with E-state index in [9.17, 15) is 13.5 Å². The van der Waals surface area contributed by atoms with Crippen LogP contribution < -0.4 is 6.15 Å². The molecular weight excluding hydrogens is 234 g/mol. The Bertz CT molecular complexity index is 256. The van der Waals surface area contributed by atoms with Crippen LogP contribution in [0.4, 0.5) is 0 Å². The second-order valence-electron chi connectivity index (χ2n) is 3.74. The van der Waals surface area contributed by atoms with E-state index in [1.807, 2.05) is 0 Å². The van der Waals surface area contributed by atoms with Crippen molar-refractivity contribution in [2.24, 2.45) is 5.41 Å². The topological polar surface area (TPSA) is 119 Å². The van der Waals surface area contributed by atoms with Gasteiger partial charge < -0.3 is 11.3 Å². The second kappa shape index (κ2) is 5.24. The van der Waals surface area contributed by atoms with Crippen LogP contribution in [0.1, 0.15) is 27.7 Å². The van der Waals surface area contributed by atoms with E-state index in [1.165, 1.54) is 6.92 Å². The van der Waals surface area contributed by atoms with Gasteiger partial charge >= 0.3 is 10.4 Å². The molecule has 0 fully saturated rings. The van der Waals surface area contributed by atoms with Crippen LogP contribution in [0.2, 0.25) is 0 Å². The van der Waals surface area contributed by atoms with Crippen molar-refractivity contribution in [1.29, 1.82) is 0 Å². The average molecular weight is 252 g/mol. The molecular formula is C6H18ClNO5S. The number of halogens is 1. The van der Waals surface area contributed by atoms with Gasteiger partial charge in [-0.3, -0.25) is 4.55 Å². The summed E-state index contributed by atoms with van der Waals surface area (Å²) in [5, 5.41) is 9.43. The van der Waals surface area contributed by atoms with E-state index in [1.54, 1.807) is 20.8 Å². The summed E-state index contributed by atoms with van der Waals surface area (Å²) >= 11 is 0. The fraction of sp³-hybridized carbons (Fsp3) is 1.00. The van der Waals surface area contributed by atoms with Crippen LogP contribution >= 0.6 is 12.4 Å². The minimum absolute atomic E-state index is 0. The molecule has 0 aliphatic rings. The Morgan fingerprint density at radius 2 is 1.43 bits per heavy atom. The summed E-state index contributed by atoms with van der Waals surface area (Å²) in [6, 6.07) is 0. The standard InChI is InChI=1S/C6H14O5S.ClH.H3N/c1-5(2,3)6(4,7)11-12(8,9)10;;/h7H,1-4H3,(H,8,9,10);1H;1H3. The highest BCUT2D eigenvalue weighted by Gasteiger charge is 2.40. The molecule has 0 aliphatic heterocycles. The van der Waals surface area contributed by atoms with Crippen LogP contribution in [-0.2, 0) is 14.6 Å². The van der Waals surface area contributed by atoms with Gasteiger partial charge in [-0.15, -0.1) is 12.4 Å². The zero-order valence-corrected chi connectivity index (χ0v) is 10.3. The first-order chi connectivity index (χ1) is 4.96. The summed E-state index contributed by atoms with van der Waals surface area (Å²) in [5.74, 6) is -1.92. The van der Waals surface area contributed by atoms with Crippen LogP contribution in [0.25, 0.3) is 0 Å². The molecule has 0 saturated carbocycles. The monoisotopic (exact) mass is 251 g/mol. The lowest BCUT2D eigenvalue weighted by molar-refractivity contribution is -0.192. The number of hydrogen-bond acceptors (Lipinski definition) is 5. The molecule has 0 aromatic heterocycles. The Morgan fingerprint density at radius 1 is 1.14 bits per heavy atom. The predicted octanol–water partition coefficient (Wildman–Crippen LogP) is 1.14. The maximum absolute atomic E-state index is 10.3. The maximum atomic E-state index is 10.3. The average Bonchev–Trinajstić information content (AvgIpc) is 1.52. The Balaban J connectivity index is -0.000000605. The van der Waals surface area contributed by atoms with Crippen LogP contribution in [-0.4, -0.2) is 23.9 Å². The lowest BCUT2D eigenvalue weighted by atomic mass is 9.87. The highest BCUT2D eigenvalue weighted by atomic mass is 35.5. The quantitative estimate of drug-likeness (QED) is 0.500. The van der Waals surface area contributed by atoms with Crippen molar-refractivity contribution in [3.05, 3.63) is 0 Å². The summed E-state index contributed by atoms with van der Waals surface area (Å²) < 4.78 is 32.9. The first-order valence-corrected chi connectivity index (χ1v) is 4.73. The summed E-state index contributed by atoms with van der Waals surface area (Å²) in [6.45, 7) is 5.91. The van der Waals surface area contributed by atoms with E-state index in [4.69, 9.17) is 4.55 Å². The largest absolute Gasteiger partial charge is 0.400 e. The SMILES string of the molecule is CC(C)(C)C(C)(O)OS(=O)(=O)O.Cl.N. The Hall–Kier alpha value is 0.0800. The minimum Gasteiger partial charge on any atom is -0.364 e. The normalized spacial score (nSPS) is 16.1. The van der Waals surface area contributed by atoms with Crippen molar-refractivity contribution in [1.82, 2.24) is 6.15 Å². The van der Waals surface area contributed by atoms with Gasteiger partial charge in [-0.2, -0.15) is 8.42 Å². The molecule has 8 heteroatoms. The highest BCUT2D eigenvalue weighted by Crippen LogP contribution is 2.31. The van der Waals surface area contributed by atoms with E-state index < -0.39 is 21.6 Å². The van der Waals surface area contributed by atoms with E-state index in [2.05, 4.69) is 4.18 Å². The number of aliphatic hydroxyl groups is 1. The third kappa shape index (κ3) is 6.52. The van der Waals surface area contributed by atoms with Crippen molar-refractivity contribution in [3.63, 3.8) is 0 Å². The van der Waals surface area contributed by atoms with Crippen LogP contribution in [0, 0.1) is 5.41 Å². The summed E-state index contributed by atoms with van der Waals surface area (Å²) in [4.78, 5) is 0. The van der Waals surface area contributed by atoms with Crippen molar-refractivity contribution >= 4 is 22.8 Å². The molecule has 0 aromatic carbocycles. The van der Waals surface area contributed by atoms with Gasteiger partial charge in [0.05, 0.1) is 0 Å². The van der Waals surface area contributed by atoms with Crippen molar-refractivity contribution in [2.45, 2.75) is 33.5 Å². The molecule has 1 atom stereocenters. The van der Waals surface area contributed by atoms with Gasteiger partial charge in [0.2, 0.25) is 0 Å². The Morgan fingerprint density at radius 3 is 1.50 bits per heavy atom. The molecule has 6 nitrogen and oxygen atoms in total. The molecule has 0 spiro atoms. The molecule has 5 N–H and O–H groups in total. The summed E-state index contributed by atoms with van der Waals surface area (Å²) in [7, 11) is -4.61. The van der Waals surface area contributed by atoms with Gasteiger partial charge in [-0.05, 0) is 6.92 Å². The lowest BCUT2D eigenvalue weighted by Crippen LogP contribution is -2.43. The lowest BCUT2D eigenvalue weighted by Gasteiger charge is -2.34. The molecule has 90 valence electrons. The number of rotatable bonds is 2. The molecule has 0 saturated heterocycles. The molecule has 1 unspecified atom stereocenters. The summed E-state index contributed by atoms with van der Waals surface area (Å²) in [5.41, 5.74) is -0.803. The second-order valence-corrected chi connectivity index (χ2v) is 4.77. The fourth-order valence-corrected chi connectivity index (χ4v) is 0.990. The van der Waals surface area contributed by atoms with E-state index in [0.29, 0.717) is 0 Å². The molecule has 0 bridgehead atoms.